The fourth-order valence-electron chi connectivity index (χ4n) is 1.91. The second-order valence-corrected chi connectivity index (χ2v) is 6.51. The van der Waals surface area contributed by atoms with Gasteiger partial charge in [0, 0.05) is 12.2 Å². The first-order valence-electron chi connectivity index (χ1n) is 6.65. The van der Waals surface area contributed by atoms with Crippen LogP contribution in [0.1, 0.15) is 24.2 Å². The second kappa shape index (κ2) is 6.24. The van der Waals surface area contributed by atoms with Gasteiger partial charge in [-0.2, -0.15) is 0 Å². The van der Waals surface area contributed by atoms with Crippen molar-refractivity contribution >= 4 is 15.7 Å². The van der Waals surface area contributed by atoms with E-state index in [9.17, 15) is 8.42 Å². The lowest BCUT2D eigenvalue weighted by atomic mass is 10.1. The van der Waals surface area contributed by atoms with Crippen molar-refractivity contribution in [2.24, 2.45) is 0 Å². The summed E-state index contributed by atoms with van der Waals surface area (Å²) in [5.74, 6) is 0. The molecule has 112 valence electrons. The molecule has 0 saturated heterocycles. The van der Waals surface area contributed by atoms with Gasteiger partial charge in [0.1, 0.15) is 0 Å². The molecule has 0 bridgehead atoms. The van der Waals surface area contributed by atoms with Gasteiger partial charge < -0.3 is 5.32 Å². The summed E-state index contributed by atoms with van der Waals surface area (Å²) in [5, 5.41) is 3.09. The van der Waals surface area contributed by atoms with E-state index in [1.165, 1.54) is 0 Å². The number of aryl methyl sites for hydroxylation is 1. The van der Waals surface area contributed by atoms with E-state index in [0.717, 1.165) is 5.56 Å². The highest BCUT2D eigenvalue weighted by molar-refractivity contribution is 7.92. The molecule has 6 heteroatoms. The number of hydrogen-bond donors (Lipinski definition) is 2. The number of aromatic nitrogens is 1. The molecule has 0 spiro atoms. The molecule has 0 amide bonds. The average molecular weight is 305 g/mol. The van der Waals surface area contributed by atoms with E-state index in [0.29, 0.717) is 11.4 Å². The van der Waals surface area contributed by atoms with E-state index in [1.54, 1.807) is 43.5 Å². The van der Waals surface area contributed by atoms with Gasteiger partial charge in [-0.25, -0.2) is 8.42 Å². The number of sulfonamides is 1. The quantitative estimate of drug-likeness (QED) is 0.890. The standard InChI is InChI=1S/C15H19N3O2S/c1-11(16-3)13-6-4-7-14(10-13)21(19,20)18-15-8-5-9-17-12(15)2/h4-11,16,18H,1-3H3. The normalized spacial score (nSPS) is 12.9. The number of nitrogens with one attached hydrogen (secondary N) is 2. The highest BCUT2D eigenvalue weighted by Gasteiger charge is 2.16. The van der Waals surface area contributed by atoms with Crippen LogP contribution in [0.25, 0.3) is 0 Å². The molecule has 2 N–H and O–H groups in total. The number of benzene rings is 1. The van der Waals surface area contributed by atoms with Crippen LogP contribution in [-0.2, 0) is 10.0 Å². The fourth-order valence-corrected chi connectivity index (χ4v) is 3.09. The minimum Gasteiger partial charge on any atom is -0.313 e. The zero-order valence-electron chi connectivity index (χ0n) is 12.3. The number of rotatable bonds is 5. The maximum Gasteiger partial charge on any atom is 0.261 e. The Morgan fingerprint density at radius 1 is 1.19 bits per heavy atom. The van der Waals surface area contributed by atoms with Crippen molar-refractivity contribution < 1.29 is 8.42 Å². The molecule has 1 aromatic heterocycles. The Morgan fingerprint density at radius 3 is 2.62 bits per heavy atom. The van der Waals surface area contributed by atoms with Gasteiger partial charge in [0.25, 0.3) is 10.0 Å². The highest BCUT2D eigenvalue weighted by atomic mass is 32.2. The van der Waals surface area contributed by atoms with E-state index in [-0.39, 0.29) is 10.9 Å². The van der Waals surface area contributed by atoms with Crippen molar-refractivity contribution in [2.75, 3.05) is 11.8 Å². The van der Waals surface area contributed by atoms with Crippen LogP contribution in [0.4, 0.5) is 5.69 Å². The van der Waals surface area contributed by atoms with Crippen LogP contribution in [-0.4, -0.2) is 20.4 Å². The topological polar surface area (TPSA) is 71.1 Å². The monoisotopic (exact) mass is 305 g/mol. The molecule has 1 atom stereocenters. The van der Waals surface area contributed by atoms with Crippen LogP contribution in [0.15, 0.2) is 47.5 Å². The summed E-state index contributed by atoms with van der Waals surface area (Å²) in [4.78, 5) is 4.32. The molecule has 1 heterocycles. The van der Waals surface area contributed by atoms with Crippen LogP contribution in [0.5, 0.6) is 0 Å². The van der Waals surface area contributed by atoms with Crippen LogP contribution >= 0.6 is 0 Å². The molecular weight excluding hydrogens is 286 g/mol. The molecule has 21 heavy (non-hydrogen) atoms. The molecule has 2 rings (SSSR count). The predicted molar refractivity (Wildman–Crippen MR) is 83.7 cm³/mol. The Kier molecular flexibility index (Phi) is 4.59. The number of pyridine rings is 1. The molecule has 5 nitrogen and oxygen atoms in total. The SMILES string of the molecule is CNC(C)c1cccc(S(=O)(=O)Nc2cccnc2C)c1. The molecule has 0 aliphatic rings. The summed E-state index contributed by atoms with van der Waals surface area (Å²) >= 11 is 0. The smallest absolute Gasteiger partial charge is 0.261 e. The van der Waals surface area contributed by atoms with Gasteiger partial charge in [-0.15, -0.1) is 0 Å². The fraction of sp³-hybridized carbons (Fsp3) is 0.267. The summed E-state index contributed by atoms with van der Waals surface area (Å²) in [6, 6.07) is 10.4. The largest absolute Gasteiger partial charge is 0.313 e. The zero-order valence-corrected chi connectivity index (χ0v) is 13.1. The molecule has 0 fully saturated rings. The first kappa shape index (κ1) is 15.5. The minimum absolute atomic E-state index is 0.0836. The van der Waals surface area contributed by atoms with E-state index in [4.69, 9.17) is 0 Å². The van der Waals surface area contributed by atoms with Crippen molar-refractivity contribution in [3.05, 3.63) is 53.9 Å². The Hall–Kier alpha value is -1.92. The molecule has 0 saturated carbocycles. The van der Waals surface area contributed by atoms with E-state index in [1.807, 2.05) is 20.0 Å². The predicted octanol–water partition coefficient (Wildman–Crippen LogP) is 2.47. The lowest BCUT2D eigenvalue weighted by molar-refractivity contribution is 0.600. The molecule has 1 unspecified atom stereocenters. The Morgan fingerprint density at radius 2 is 1.95 bits per heavy atom. The van der Waals surface area contributed by atoms with Crippen LogP contribution in [0.2, 0.25) is 0 Å². The summed E-state index contributed by atoms with van der Waals surface area (Å²) < 4.78 is 27.5. The maximum atomic E-state index is 12.5. The van der Waals surface area contributed by atoms with Gasteiger partial charge in [-0.3, -0.25) is 9.71 Å². The number of hydrogen-bond acceptors (Lipinski definition) is 4. The van der Waals surface area contributed by atoms with Gasteiger partial charge in [0.2, 0.25) is 0 Å². The Balaban J connectivity index is 2.34. The number of anilines is 1. The van der Waals surface area contributed by atoms with E-state index >= 15 is 0 Å². The van der Waals surface area contributed by atoms with E-state index < -0.39 is 10.0 Å². The van der Waals surface area contributed by atoms with Crippen LogP contribution in [0, 0.1) is 6.92 Å². The third kappa shape index (κ3) is 3.59. The third-order valence-corrected chi connectivity index (χ3v) is 4.72. The van der Waals surface area contributed by atoms with Crippen LogP contribution in [0.3, 0.4) is 0 Å². The minimum atomic E-state index is -3.62. The van der Waals surface area contributed by atoms with E-state index in [2.05, 4.69) is 15.0 Å². The lowest BCUT2D eigenvalue weighted by Crippen LogP contribution is -2.16. The summed E-state index contributed by atoms with van der Waals surface area (Å²) in [6.07, 6.45) is 1.63. The molecule has 1 aromatic carbocycles. The highest BCUT2D eigenvalue weighted by Crippen LogP contribution is 2.21. The third-order valence-electron chi connectivity index (χ3n) is 3.35. The average Bonchev–Trinajstić information content (AvgIpc) is 2.49. The van der Waals surface area contributed by atoms with Crippen LogP contribution < -0.4 is 10.0 Å². The summed E-state index contributed by atoms with van der Waals surface area (Å²) in [5.41, 5.74) is 2.05. The van der Waals surface area contributed by atoms with Gasteiger partial charge in [-0.1, -0.05) is 12.1 Å². The van der Waals surface area contributed by atoms with Crippen molar-refractivity contribution in [3.8, 4) is 0 Å². The second-order valence-electron chi connectivity index (χ2n) is 4.82. The molecule has 0 aliphatic heterocycles. The zero-order chi connectivity index (χ0) is 15.5. The van der Waals surface area contributed by atoms with Crippen molar-refractivity contribution in [1.29, 1.82) is 0 Å². The maximum absolute atomic E-state index is 12.5. The molecule has 2 aromatic rings. The van der Waals surface area contributed by atoms with Gasteiger partial charge in [0.15, 0.2) is 0 Å². The summed E-state index contributed by atoms with van der Waals surface area (Å²) in [7, 11) is -1.78. The van der Waals surface area contributed by atoms with Gasteiger partial charge in [-0.05, 0) is 50.7 Å². The first-order chi connectivity index (χ1) is 9.94. The molecule has 0 aliphatic carbocycles. The summed E-state index contributed by atoms with van der Waals surface area (Å²) in [6.45, 7) is 3.74. The Labute approximate surface area is 125 Å². The molecule has 0 radical (unpaired) electrons. The van der Waals surface area contributed by atoms with Crippen molar-refractivity contribution in [1.82, 2.24) is 10.3 Å². The molecular formula is C15H19N3O2S. The lowest BCUT2D eigenvalue weighted by Gasteiger charge is -2.13. The Bertz CT molecular complexity index is 729. The van der Waals surface area contributed by atoms with Crippen molar-refractivity contribution in [3.63, 3.8) is 0 Å². The van der Waals surface area contributed by atoms with Gasteiger partial charge in [0.05, 0.1) is 16.3 Å². The van der Waals surface area contributed by atoms with Crippen molar-refractivity contribution in [2.45, 2.75) is 24.8 Å². The van der Waals surface area contributed by atoms with Gasteiger partial charge >= 0.3 is 0 Å². The first-order valence-corrected chi connectivity index (χ1v) is 8.14. The number of nitrogens with zero attached hydrogens (tertiary/aromatic N) is 1.